The number of nitrogens with two attached hydrogens (primary N) is 1. The summed E-state index contributed by atoms with van der Waals surface area (Å²) in [7, 11) is 3.23. The van der Waals surface area contributed by atoms with Gasteiger partial charge >= 0.3 is 0 Å². The molecule has 0 aliphatic carbocycles. The molecule has 0 atom stereocenters. The Morgan fingerprint density at radius 2 is 1.32 bits per heavy atom. The zero-order valence-corrected chi connectivity index (χ0v) is 23.4. The van der Waals surface area contributed by atoms with Crippen molar-refractivity contribution in [3.8, 4) is 17.3 Å². The average molecular weight is 598 g/mol. The molecular formula is C24H30Br2N4O4. The third kappa shape index (κ3) is 9.64. The van der Waals surface area contributed by atoms with Crippen molar-refractivity contribution >= 4 is 49.2 Å². The zero-order chi connectivity index (χ0) is 25.8. The highest BCUT2D eigenvalue weighted by atomic mass is 79.9. The third-order valence-corrected chi connectivity index (χ3v) is 5.61. The summed E-state index contributed by atoms with van der Waals surface area (Å²) < 4.78 is 14.0. The number of pyridine rings is 2. The van der Waals surface area contributed by atoms with Crippen LogP contribution < -0.4 is 15.2 Å². The highest BCUT2D eigenvalue weighted by molar-refractivity contribution is 9.10. The maximum atomic E-state index is 10.2. The molecule has 3 rings (SSSR count). The summed E-state index contributed by atoms with van der Waals surface area (Å²) in [4.78, 5) is 28.6. The fourth-order valence-corrected chi connectivity index (χ4v) is 3.42. The van der Waals surface area contributed by atoms with Crippen molar-refractivity contribution in [2.24, 2.45) is 0 Å². The molecule has 0 aliphatic rings. The van der Waals surface area contributed by atoms with E-state index in [4.69, 9.17) is 15.2 Å². The molecule has 10 heteroatoms. The SMILES string of the molecule is CC(=O)CCC(C)=O.COc1cc(-n2c(C)ccc2C)ncc1Br.COc1cc(N)ncc1Br. The fourth-order valence-electron chi connectivity index (χ4n) is 2.66. The second-order valence-electron chi connectivity index (χ2n) is 7.28. The highest BCUT2D eigenvalue weighted by Crippen LogP contribution is 2.27. The Kier molecular flexibility index (Phi) is 12.5. The minimum atomic E-state index is 0.0835. The van der Waals surface area contributed by atoms with Gasteiger partial charge in [-0.2, -0.15) is 0 Å². The quantitative estimate of drug-likeness (QED) is 0.391. The molecule has 0 amide bonds. The van der Waals surface area contributed by atoms with E-state index in [0.717, 1.165) is 31.9 Å². The normalized spacial score (nSPS) is 9.76. The molecule has 34 heavy (non-hydrogen) atoms. The molecular weight excluding hydrogens is 568 g/mol. The van der Waals surface area contributed by atoms with Gasteiger partial charge in [0.05, 0.1) is 23.2 Å². The molecule has 2 N–H and O–H groups in total. The van der Waals surface area contributed by atoms with Crippen LogP contribution in [0.1, 0.15) is 38.1 Å². The lowest BCUT2D eigenvalue weighted by Crippen LogP contribution is -2.02. The Balaban J connectivity index is 0.000000277. The van der Waals surface area contributed by atoms with Gasteiger partial charge in [0.2, 0.25) is 0 Å². The Morgan fingerprint density at radius 3 is 1.74 bits per heavy atom. The molecule has 0 radical (unpaired) electrons. The minimum absolute atomic E-state index is 0.0835. The molecule has 0 unspecified atom stereocenters. The van der Waals surface area contributed by atoms with Crippen molar-refractivity contribution in [2.75, 3.05) is 20.0 Å². The number of rotatable bonds is 6. The second-order valence-corrected chi connectivity index (χ2v) is 8.98. The van der Waals surface area contributed by atoms with Crippen molar-refractivity contribution in [2.45, 2.75) is 40.5 Å². The van der Waals surface area contributed by atoms with Gasteiger partial charge in [0.15, 0.2) is 0 Å². The van der Waals surface area contributed by atoms with Crippen LogP contribution in [0.4, 0.5) is 5.82 Å². The standard InChI is InChI=1S/C12H13BrN2O.C6H7BrN2O.C6H10O2/c1-8-4-5-9(2)15(8)12-6-11(16-3)10(13)7-14-12;1-10-5-2-6(8)9-3-4(5)7;1-5(7)3-4-6(2)8/h4-7H,1-3H3;2-3H,1H3,(H2,8,9);3-4H2,1-2H3. The van der Waals surface area contributed by atoms with Gasteiger partial charge in [0.25, 0.3) is 0 Å². The topological polar surface area (TPSA) is 109 Å². The summed E-state index contributed by atoms with van der Waals surface area (Å²) in [5.74, 6) is 2.99. The Hall–Kier alpha value is -2.72. The van der Waals surface area contributed by atoms with Crippen LogP contribution in [0.15, 0.2) is 45.6 Å². The van der Waals surface area contributed by atoms with Crippen molar-refractivity contribution in [3.63, 3.8) is 0 Å². The van der Waals surface area contributed by atoms with E-state index in [1.165, 1.54) is 13.8 Å². The number of anilines is 1. The molecule has 3 aromatic heterocycles. The maximum Gasteiger partial charge on any atom is 0.140 e. The van der Waals surface area contributed by atoms with Gasteiger partial charge in [0, 0.05) is 48.8 Å². The lowest BCUT2D eigenvalue weighted by Gasteiger charge is -2.10. The van der Waals surface area contributed by atoms with Crippen molar-refractivity contribution in [1.82, 2.24) is 14.5 Å². The molecule has 0 fully saturated rings. The van der Waals surface area contributed by atoms with Crippen LogP contribution in [0, 0.1) is 13.8 Å². The van der Waals surface area contributed by atoms with Gasteiger partial charge in [-0.05, 0) is 71.7 Å². The van der Waals surface area contributed by atoms with Crippen LogP contribution in [0.2, 0.25) is 0 Å². The van der Waals surface area contributed by atoms with Crippen molar-refractivity contribution < 1.29 is 19.1 Å². The van der Waals surface area contributed by atoms with Gasteiger partial charge in [-0.15, -0.1) is 0 Å². The summed E-state index contributed by atoms with van der Waals surface area (Å²) in [6.07, 6.45) is 4.16. The average Bonchev–Trinajstić information content (AvgIpc) is 3.13. The van der Waals surface area contributed by atoms with E-state index in [2.05, 4.69) is 72.4 Å². The van der Waals surface area contributed by atoms with Crippen LogP contribution in [-0.4, -0.2) is 40.3 Å². The van der Waals surface area contributed by atoms with Gasteiger partial charge < -0.3 is 29.4 Å². The smallest absolute Gasteiger partial charge is 0.140 e. The van der Waals surface area contributed by atoms with Gasteiger partial charge in [-0.25, -0.2) is 9.97 Å². The first-order valence-corrected chi connectivity index (χ1v) is 11.9. The van der Waals surface area contributed by atoms with E-state index in [1.807, 2.05) is 6.07 Å². The number of aromatic nitrogens is 3. The number of hydrogen-bond acceptors (Lipinski definition) is 7. The fraction of sp³-hybridized carbons (Fsp3) is 0.333. The third-order valence-electron chi connectivity index (χ3n) is 4.42. The van der Waals surface area contributed by atoms with E-state index < -0.39 is 0 Å². The second kappa shape index (κ2) is 14.5. The zero-order valence-electron chi connectivity index (χ0n) is 20.2. The summed E-state index contributed by atoms with van der Waals surface area (Å²) in [6.45, 7) is 7.10. The van der Waals surface area contributed by atoms with Crippen LogP contribution in [0.5, 0.6) is 11.5 Å². The molecule has 0 bridgehead atoms. The maximum absolute atomic E-state index is 10.2. The number of hydrogen-bond donors (Lipinski definition) is 1. The predicted octanol–water partition coefficient (Wildman–Crippen LogP) is 5.64. The monoisotopic (exact) mass is 596 g/mol. The van der Waals surface area contributed by atoms with E-state index in [1.54, 1.807) is 32.7 Å². The highest BCUT2D eigenvalue weighted by Gasteiger charge is 2.08. The summed E-state index contributed by atoms with van der Waals surface area (Å²) in [5, 5.41) is 0. The van der Waals surface area contributed by atoms with Crippen LogP contribution in [0.3, 0.4) is 0 Å². The number of methoxy groups -OCH3 is 2. The van der Waals surface area contributed by atoms with Crippen molar-refractivity contribution in [3.05, 3.63) is 57.0 Å². The molecule has 0 saturated carbocycles. The molecule has 3 aromatic rings. The van der Waals surface area contributed by atoms with Gasteiger partial charge in [-0.3, -0.25) is 0 Å². The number of carbonyl (C=O) groups is 2. The summed E-state index contributed by atoms with van der Waals surface area (Å²) in [5.41, 5.74) is 7.71. The molecule has 0 aromatic carbocycles. The Bertz CT molecular complexity index is 1080. The first-order chi connectivity index (χ1) is 16.0. The lowest BCUT2D eigenvalue weighted by molar-refractivity contribution is -0.122. The molecule has 8 nitrogen and oxygen atoms in total. The molecule has 0 saturated heterocycles. The van der Waals surface area contributed by atoms with Crippen LogP contribution >= 0.6 is 31.9 Å². The number of nitrogen functional groups attached to an aromatic ring is 1. The summed E-state index contributed by atoms with van der Waals surface area (Å²) in [6, 6.07) is 7.73. The number of aryl methyl sites for hydroxylation is 2. The van der Waals surface area contributed by atoms with E-state index in [0.29, 0.717) is 24.4 Å². The number of ether oxygens (including phenoxy) is 2. The molecule has 184 valence electrons. The van der Waals surface area contributed by atoms with Crippen molar-refractivity contribution in [1.29, 1.82) is 0 Å². The van der Waals surface area contributed by atoms with Gasteiger partial charge in [-0.1, -0.05) is 0 Å². The Labute approximate surface area is 217 Å². The molecule has 0 spiro atoms. The minimum Gasteiger partial charge on any atom is -0.495 e. The number of nitrogens with zero attached hydrogens (tertiary/aromatic N) is 3. The van der Waals surface area contributed by atoms with Crippen LogP contribution in [-0.2, 0) is 9.59 Å². The number of halogens is 2. The molecule has 0 aliphatic heterocycles. The Morgan fingerprint density at radius 1 is 0.882 bits per heavy atom. The number of carbonyl (C=O) groups excluding carboxylic acids is 2. The number of Topliss-reactive ketones (excluding diaryl/α,β-unsaturated/α-hetero) is 2. The largest absolute Gasteiger partial charge is 0.495 e. The van der Waals surface area contributed by atoms with E-state index >= 15 is 0 Å². The van der Waals surface area contributed by atoms with Crippen LogP contribution in [0.25, 0.3) is 5.82 Å². The molecule has 3 heterocycles. The first kappa shape index (κ1) is 29.3. The number of ketones is 2. The lowest BCUT2D eigenvalue weighted by atomic mass is 10.2. The predicted molar refractivity (Wildman–Crippen MR) is 141 cm³/mol. The first-order valence-electron chi connectivity index (χ1n) is 10.3. The van der Waals surface area contributed by atoms with E-state index in [-0.39, 0.29) is 11.6 Å². The van der Waals surface area contributed by atoms with E-state index in [9.17, 15) is 9.59 Å². The van der Waals surface area contributed by atoms with Gasteiger partial charge in [0.1, 0.15) is 34.7 Å². The summed E-state index contributed by atoms with van der Waals surface area (Å²) >= 11 is 6.64.